The molecule has 1 saturated heterocycles. The second-order valence-electron chi connectivity index (χ2n) is 11.2. The third-order valence-electron chi connectivity index (χ3n) is 7.42. The number of β-lactam (4-membered cyclic amide) rings is 1. The highest BCUT2D eigenvalue weighted by Gasteiger charge is 2.54. The molecular weight excluding hydrogens is 651 g/mol. The third-order valence-corrected chi connectivity index (χ3v) is 9.45. The van der Waals surface area contributed by atoms with E-state index in [9.17, 15) is 39.6 Å². The summed E-state index contributed by atoms with van der Waals surface area (Å²) in [5.74, 6) is -4.77. The predicted octanol–water partition coefficient (Wildman–Crippen LogP) is 2.60. The Bertz CT molecular complexity index is 1850. The number of fused-ring (bicyclic) bond motifs is 1. The number of aromatic nitrogens is 2. The lowest BCUT2D eigenvalue weighted by Gasteiger charge is -2.49. The minimum atomic E-state index is -1.75. The number of hydrogen-bond acceptors (Lipinski definition) is 12. The van der Waals surface area contributed by atoms with Crippen molar-refractivity contribution in [3.63, 3.8) is 0 Å². The molecule has 16 heteroatoms. The molecule has 6 N–H and O–H groups in total. The monoisotopic (exact) mass is 680 g/mol. The Labute approximate surface area is 276 Å². The van der Waals surface area contributed by atoms with Crippen molar-refractivity contribution < 1.29 is 49.0 Å². The minimum absolute atomic E-state index is 0.0728. The number of rotatable bonds is 12. The molecule has 1 amide bonds. The minimum Gasteiger partial charge on any atom is -0.504 e. The number of carboxylic acids is 2. The first-order valence-electron chi connectivity index (χ1n) is 14.1. The van der Waals surface area contributed by atoms with Crippen LogP contribution in [0.15, 0.2) is 70.6 Å². The molecule has 14 nitrogen and oxygen atoms in total. The molecule has 47 heavy (non-hydrogen) atoms. The summed E-state index contributed by atoms with van der Waals surface area (Å²) in [6.07, 6.45) is 6.12. The molecule has 5 rings (SSSR count). The highest BCUT2D eigenvalue weighted by atomic mass is 32.2. The highest BCUT2D eigenvalue weighted by Crippen LogP contribution is 2.45. The molecule has 3 aromatic rings. The van der Waals surface area contributed by atoms with Gasteiger partial charge in [0.2, 0.25) is 23.5 Å². The van der Waals surface area contributed by atoms with E-state index in [0.29, 0.717) is 12.1 Å². The number of thiazole rings is 1. The summed E-state index contributed by atoms with van der Waals surface area (Å²) >= 11 is 2.37. The second-order valence-corrected chi connectivity index (χ2v) is 13.2. The maximum atomic E-state index is 13.4. The Hall–Kier alpha value is -5.22. The standard InChI is InChI=1S/C31H29N5O9S2/c1-31(2,29(43)44)45-34-24(20-15-47-30(32)33-20)22(38)11-19-26(40)36-25(28(41)42)18(14-46-27(19)36)8-7-16-3-5-17(6-4-16)12-35-10-9-21(37)23(39)13-35/h3-10,13,15,19,27H,11-12,14H2,1-2H3,(H5,32,33,39,41,42,43,44)/p+1/b8-7+,34-24-/t19-,27-/m1/s1. The van der Waals surface area contributed by atoms with E-state index >= 15 is 0 Å². The van der Waals surface area contributed by atoms with E-state index in [2.05, 4.69) is 10.1 Å². The van der Waals surface area contributed by atoms with Crippen LogP contribution in [0.5, 0.6) is 11.5 Å². The van der Waals surface area contributed by atoms with Gasteiger partial charge in [-0.25, -0.2) is 14.6 Å². The predicted molar refractivity (Wildman–Crippen MR) is 171 cm³/mol. The molecule has 0 saturated carbocycles. The fraction of sp³-hybridized carbons (Fsp3) is 0.258. The van der Waals surface area contributed by atoms with Gasteiger partial charge in [-0.15, -0.1) is 23.1 Å². The number of nitrogens with zero attached hydrogens (tertiary/aromatic N) is 4. The largest absolute Gasteiger partial charge is 0.504 e. The Morgan fingerprint density at radius 3 is 2.49 bits per heavy atom. The first-order valence-corrected chi connectivity index (χ1v) is 16.0. The third kappa shape index (κ3) is 7.12. The van der Waals surface area contributed by atoms with Crippen molar-refractivity contribution in [3.05, 3.63) is 82.3 Å². The van der Waals surface area contributed by atoms with Crippen LogP contribution in [0, 0.1) is 5.92 Å². The molecule has 1 aromatic carbocycles. The number of aliphatic carboxylic acids is 2. The first-order chi connectivity index (χ1) is 22.2. The van der Waals surface area contributed by atoms with Gasteiger partial charge in [0, 0.05) is 29.2 Å². The summed E-state index contributed by atoms with van der Waals surface area (Å²) in [6.45, 7) is 2.97. The van der Waals surface area contributed by atoms with Crippen LogP contribution in [0.3, 0.4) is 0 Å². The number of nitrogen functional groups attached to an aromatic ring is 1. The lowest BCUT2D eigenvalue weighted by atomic mass is 9.89. The quantitative estimate of drug-likeness (QED) is 0.0807. The lowest BCUT2D eigenvalue weighted by molar-refractivity contribution is -0.688. The van der Waals surface area contributed by atoms with Gasteiger partial charge in [0.05, 0.1) is 11.3 Å². The topological polar surface area (TPSA) is 217 Å². The van der Waals surface area contributed by atoms with Gasteiger partial charge in [0.15, 0.2) is 35.1 Å². The molecule has 0 spiro atoms. The number of oxime groups is 1. The molecule has 4 heterocycles. The number of allylic oxidation sites excluding steroid dienone is 1. The number of ketones is 1. The Balaban J connectivity index is 1.29. The number of pyridine rings is 1. The van der Waals surface area contributed by atoms with E-state index in [1.54, 1.807) is 22.9 Å². The van der Waals surface area contributed by atoms with Crippen molar-refractivity contribution in [2.75, 3.05) is 11.5 Å². The molecule has 0 aliphatic carbocycles. The van der Waals surface area contributed by atoms with Crippen LogP contribution in [0.4, 0.5) is 5.13 Å². The maximum absolute atomic E-state index is 13.4. The summed E-state index contributed by atoms with van der Waals surface area (Å²) in [7, 11) is 0. The molecule has 2 aliphatic heterocycles. The molecule has 2 aromatic heterocycles. The molecule has 1 fully saturated rings. The van der Waals surface area contributed by atoms with E-state index in [-0.39, 0.29) is 45.9 Å². The number of aromatic hydroxyl groups is 2. The second kappa shape index (κ2) is 13.3. The lowest BCUT2D eigenvalue weighted by Crippen LogP contribution is -2.62. The van der Waals surface area contributed by atoms with Crippen LogP contribution >= 0.6 is 23.1 Å². The average molecular weight is 681 g/mol. The van der Waals surface area contributed by atoms with Crippen molar-refractivity contribution in [2.45, 2.75) is 37.8 Å². The maximum Gasteiger partial charge on any atom is 0.352 e. The van der Waals surface area contributed by atoms with Gasteiger partial charge in [-0.2, -0.15) is 4.57 Å². The molecule has 0 unspecified atom stereocenters. The van der Waals surface area contributed by atoms with Gasteiger partial charge in [-0.1, -0.05) is 41.6 Å². The molecule has 2 aliphatic rings. The zero-order valence-corrected chi connectivity index (χ0v) is 26.7. The van der Waals surface area contributed by atoms with Crippen LogP contribution in [0.1, 0.15) is 37.1 Å². The fourth-order valence-corrected chi connectivity index (χ4v) is 6.73. The zero-order chi connectivity index (χ0) is 34.0. The van der Waals surface area contributed by atoms with Crippen molar-refractivity contribution in [3.8, 4) is 11.5 Å². The number of hydrogen-bond donors (Lipinski definition) is 5. The van der Waals surface area contributed by atoms with Crippen LogP contribution in [0.2, 0.25) is 0 Å². The van der Waals surface area contributed by atoms with Gasteiger partial charge < -0.3 is 31.0 Å². The van der Waals surface area contributed by atoms with Crippen molar-refractivity contribution in [1.29, 1.82) is 0 Å². The Kier molecular flexibility index (Phi) is 9.35. The molecule has 2 atom stereocenters. The zero-order valence-electron chi connectivity index (χ0n) is 25.1. The number of benzene rings is 1. The van der Waals surface area contributed by atoms with Gasteiger partial charge >= 0.3 is 11.9 Å². The Morgan fingerprint density at radius 2 is 1.87 bits per heavy atom. The number of amides is 1. The van der Waals surface area contributed by atoms with Gasteiger partial charge in [0.1, 0.15) is 11.4 Å². The highest BCUT2D eigenvalue weighted by molar-refractivity contribution is 8.00. The van der Waals surface area contributed by atoms with Gasteiger partial charge in [-0.3, -0.25) is 14.5 Å². The van der Waals surface area contributed by atoms with E-state index in [4.69, 9.17) is 10.6 Å². The number of nitrogens with two attached hydrogens (primary N) is 1. The molecular formula is C31H30N5O9S2+. The van der Waals surface area contributed by atoms with E-state index in [1.165, 1.54) is 48.2 Å². The number of Topliss-reactive ketones (excluding diaryl/α,β-unsaturated/α-hetero) is 1. The van der Waals surface area contributed by atoms with Crippen LogP contribution in [0.25, 0.3) is 6.08 Å². The van der Waals surface area contributed by atoms with E-state index in [1.807, 2.05) is 24.3 Å². The summed E-state index contributed by atoms with van der Waals surface area (Å²) in [5.41, 5.74) is 5.74. The smallest absolute Gasteiger partial charge is 0.352 e. The van der Waals surface area contributed by atoms with Crippen LogP contribution < -0.4 is 10.3 Å². The Morgan fingerprint density at radius 1 is 1.15 bits per heavy atom. The van der Waals surface area contributed by atoms with Gasteiger partial charge in [-0.05, 0) is 25.0 Å². The number of anilines is 1. The van der Waals surface area contributed by atoms with Crippen LogP contribution in [-0.2, 0) is 30.6 Å². The van der Waals surface area contributed by atoms with Crippen molar-refractivity contribution in [2.24, 2.45) is 11.1 Å². The first kappa shape index (κ1) is 33.2. The summed E-state index contributed by atoms with van der Waals surface area (Å²) in [4.78, 5) is 60.9. The molecule has 0 bridgehead atoms. The average Bonchev–Trinajstić information content (AvgIpc) is 3.46. The van der Waals surface area contributed by atoms with E-state index < -0.39 is 40.5 Å². The molecule has 244 valence electrons. The van der Waals surface area contributed by atoms with Crippen LogP contribution in [-0.4, -0.2) is 76.4 Å². The summed E-state index contributed by atoms with van der Waals surface area (Å²) < 4.78 is 1.71. The van der Waals surface area contributed by atoms with Crippen molar-refractivity contribution in [1.82, 2.24) is 9.88 Å². The van der Waals surface area contributed by atoms with Crippen molar-refractivity contribution >= 4 is 63.6 Å². The normalized spacial score (nSPS) is 18.2. The summed E-state index contributed by atoms with van der Waals surface area (Å²) in [5, 5.41) is 43.4. The number of carbonyl (C=O) groups excluding carboxylic acids is 2. The molecule has 0 radical (unpaired) electrons. The SMILES string of the molecule is CC(C)(O/N=C(\C(=O)C[C@@H]1C(=O)N2C(C(=O)O)=C(/C=C/c3ccc(C[n+]4ccc(O)c(O)c4)cc3)CS[C@H]12)c1csc(N)n1)C(=O)O. The number of thioether (sulfide) groups is 1. The van der Waals surface area contributed by atoms with E-state index in [0.717, 1.165) is 22.5 Å². The number of carboxylic acid groups (broad SMARTS) is 2. The van der Waals surface area contributed by atoms with Gasteiger partial charge in [0.25, 0.3) is 0 Å². The number of carbonyl (C=O) groups is 4. The fourth-order valence-electron chi connectivity index (χ4n) is 4.80. The summed E-state index contributed by atoms with van der Waals surface area (Å²) in [6, 6.07) is 8.83.